The van der Waals surface area contributed by atoms with Crippen molar-refractivity contribution in [1.82, 2.24) is 19.6 Å². The Balaban J connectivity index is 0.000000234. The minimum atomic E-state index is -3.44. The monoisotopic (exact) mass is 1710 g/mol. The second-order valence-electron chi connectivity index (χ2n) is 33.2. The van der Waals surface area contributed by atoms with Crippen LogP contribution in [0.4, 0.5) is 0 Å². The summed E-state index contributed by atoms with van der Waals surface area (Å²) in [5, 5.41) is 0. The number of ether oxygens (including phenoxy) is 12. The van der Waals surface area contributed by atoms with Crippen LogP contribution in [-0.4, -0.2) is 201 Å². The molecule has 8 aliphatic heterocycles. The maximum absolute atomic E-state index is 13.2. The van der Waals surface area contributed by atoms with E-state index in [1.165, 1.54) is 28.4 Å². The van der Waals surface area contributed by atoms with Crippen molar-refractivity contribution in [3.63, 3.8) is 0 Å². The molecule has 12 rings (SSSR count). The molecule has 4 aromatic carbocycles. The number of carbonyl (C=O) groups excluding carboxylic acids is 4. The summed E-state index contributed by atoms with van der Waals surface area (Å²) < 4.78 is 411. The van der Waals surface area contributed by atoms with Crippen molar-refractivity contribution in [1.29, 1.82) is 0 Å². The van der Waals surface area contributed by atoms with Gasteiger partial charge in [0, 0.05) is 153 Å². The smallest absolute Gasteiger partial charge is 0.323 e. The Labute approximate surface area is 773 Å². The maximum atomic E-state index is 13.2. The first-order chi connectivity index (χ1) is 72.1. The summed E-state index contributed by atoms with van der Waals surface area (Å²) in [6.45, 7) is 14.4. The first-order valence-electron chi connectivity index (χ1n) is 60.3. The molecule has 16 atom stereocenters. The number of piperidine rings is 4. The number of nitrogens with zero attached hydrogens (tertiary/aromatic N) is 4. The number of benzene rings is 4. The molecule has 120 heavy (non-hydrogen) atoms. The van der Waals surface area contributed by atoms with Gasteiger partial charge < -0.3 is 79.8 Å². The van der Waals surface area contributed by atoms with Crippen LogP contribution in [0.5, 0.6) is 46.0 Å². The highest BCUT2D eigenvalue weighted by Gasteiger charge is 2.47. The average molecular weight is 1710 g/mol. The molecule has 672 valence electrons. The number of fused-ring (bicyclic) bond motifs is 12. The number of carbonyl (C=O) groups is 4. The second-order valence-corrected chi connectivity index (χ2v) is 33.2. The summed E-state index contributed by atoms with van der Waals surface area (Å²) >= 11 is 0. The molecule has 0 bridgehead atoms. The number of esters is 4. The highest BCUT2D eigenvalue weighted by Crippen LogP contribution is 2.50. The zero-order chi connectivity index (χ0) is 123. The molecule has 0 aromatic heterocycles. The summed E-state index contributed by atoms with van der Waals surface area (Å²) in [5.74, 6) is -20.2. The van der Waals surface area contributed by atoms with Gasteiger partial charge in [-0.1, -0.05) is 111 Å². The van der Waals surface area contributed by atoms with Gasteiger partial charge in [0.2, 0.25) is 0 Å². The van der Waals surface area contributed by atoms with Gasteiger partial charge in [0.05, 0.1) is 82.8 Å². The average Bonchev–Trinajstić information content (AvgIpc) is 0.670. The Morgan fingerprint density at radius 3 is 0.800 bits per heavy atom. The molecular weight excluding hydrogens is 1520 g/mol. The number of rotatable bonds is 28. The maximum Gasteiger partial charge on any atom is 0.323 e. The van der Waals surface area contributed by atoms with Crippen LogP contribution in [0.1, 0.15) is 284 Å². The van der Waals surface area contributed by atoms with Crippen LogP contribution < -0.4 is 60.8 Å². The lowest BCUT2D eigenvalue weighted by Crippen LogP contribution is -2.51. The van der Waals surface area contributed by atoms with Gasteiger partial charge in [-0.15, -0.1) is 0 Å². The molecule has 24 heteroatoms. The first kappa shape index (κ1) is 55.2. The highest BCUT2D eigenvalue weighted by atomic mass is 16.6. The van der Waals surface area contributed by atoms with E-state index in [1.807, 2.05) is 0 Å². The van der Waals surface area contributed by atoms with E-state index in [1.54, 1.807) is 111 Å². The molecule has 0 saturated carbocycles. The molecule has 0 aliphatic carbocycles. The predicted molar refractivity (Wildman–Crippen MR) is 471 cm³/mol. The van der Waals surface area contributed by atoms with Crippen molar-refractivity contribution < 1.29 is 129 Å². The third kappa shape index (κ3) is 23.8. The standard InChI is InChI=1S/4C24H38N2O4/c4*1-14(2)9-17-13-26-8-7-16-10-21(28-5)22(29-6)11-18(16)19(26)12-20(17)30-24(27)23(25)15(3)4/h4*10-11,14-15,17,19-20,23H,7-9,12-13,25H2,1-6H3/t4*17?,19?,20?,23-/m0000/s1/i5D3,10D,11D,12D2,13D2,17D,19D,20D;5D3,10D,11D,12D2,13D2,17D,19D;2*10D,11D,12D2,13D2,17D,19D. The van der Waals surface area contributed by atoms with Gasteiger partial charge in [-0.25, -0.2) is 0 Å². The molecule has 0 spiro atoms. The van der Waals surface area contributed by atoms with Crippen LogP contribution in [0.15, 0.2) is 48.3 Å². The quantitative estimate of drug-likeness (QED) is 0.0303. The lowest BCUT2D eigenvalue weighted by atomic mass is 9.79. The van der Waals surface area contributed by atoms with Gasteiger partial charge in [-0.3, -0.25) is 38.8 Å². The number of hydrogen-bond donors (Lipinski definition) is 4. The molecule has 4 saturated heterocycles. The topological polar surface area (TPSA) is 296 Å². The molecule has 8 heterocycles. The summed E-state index contributed by atoms with van der Waals surface area (Å²) in [7, 11) is 1.19. The minimum absolute atomic E-state index is 0.0110. The minimum Gasteiger partial charge on any atom is -0.493 e. The highest BCUT2D eigenvalue weighted by molar-refractivity contribution is 5.77. The first-order valence-corrected chi connectivity index (χ1v) is 40.8. The van der Waals surface area contributed by atoms with E-state index in [0.717, 1.165) is 33.8 Å². The number of nitrogens with two attached hydrogens (primary N) is 4. The Kier molecular flexibility index (Phi) is 20.2. The predicted octanol–water partition coefficient (Wildman–Crippen LogP) is 14.3. The number of methoxy groups -OCH3 is 8. The van der Waals surface area contributed by atoms with E-state index in [9.17, 15) is 42.5 Å². The Bertz CT molecular complexity index is 5890. The lowest BCUT2D eigenvalue weighted by molar-refractivity contribution is -0.161. The Hall–Kier alpha value is -7.16. The summed E-state index contributed by atoms with van der Waals surface area (Å²) in [4.78, 5) is 55.8. The molecule has 12 unspecified atom stereocenters. The van der Waals surface area contributed by atoms with E-state index in [2.05, 4.69) is 0 Å². The number of hydrogen-bond acceptors (Lipinski definition) is 24. The van der Waals surface area contributed by atoms with Gasteiger partial charge in [0.1, 0.15) is 48.6 Å². The van der Waals surface area contributed by atoms with Crippen molar-refractivity contribution in [2.24, 2.45) is 93.9 Å². The zero-order valence-electron chi connectivity index (χ0n) is 112. The molecule has 0 radical (unpaired) electrons. The molecule has 8 N–H and O–H groups in total. The van der Waals surface area contributed by atoms with Crippen LogP contribution in [-0.2, 0) is 63.8 Å². The molecule has 4 aromatic rings. The van der Waals surface area contributed by atoms with Crippen molar-refractivity contribution >= 4 is 23.9 Å². The van der Waals surface area contributed by atoms with Crippen LogP contribution in [0.2, 0.25) is 0 Å². The van der Waals surface area contributed by atoms with Crippen molar-refractivity contribution in [3.8, 4) is 46.0 Å². The van der Waals surface area contributed by atoms with Crippen LogP contribution in [0.25, 0.3) is 0 Å². The van der Waals surface area contributed by atoms with E-state index < -0.39 is 287 Å². The molecular formula is C96H152N8O16. The van der Waals surface area contributed by atoms with Crippen molar-refractivity contribution in [2.45, 2.75) is 260 Å². The van der Waals surface area contributed by atoms with E-state index in [-0.39, 0.29) is 163 Å². The fourth-order valence-electron chi connectivity index (χ4n) is 13.8. The second kappa shape index (κ2) is 43.9. The van der Waals surface area contributed by atoms with E-state index in [0.29, 0.717) is 0 Å². The Morgan fingerprint density at radius 1 is 0.350 bits per heavy atom. The fraction of sp³-hybridized carbons (Fsp3) is 0.708. The van der Waals surface area contributed by atoms with Gasteiger partial charge in [0.25, 0.3) is 0 Å². The normalized spacial score (nSPS) is 38.7. The van der Waals surface area contributed by atoms with Gasteiger partial charge in [0.15, 0.2) is 46.0 Å². The zero-order valence-corrected chi connectivity index (χ0v) is 73.3. The molecule has 8 aliphatic rings. The van der Waals surface area contributed by atoms with Gasteiger partial charge >= 0.3 is 23.9 Å². The third-order valence-corrected chi connectivity index (χ3v) is 20.6. The molecule has 0 amide bonds. The van der Waals surface area contributed by atoms with E-state index >= 15 is 0 Å². The van der Waals surface area contributed by atoms with Crippen molar-refractivity contribution in [2.75, 3.05) is 109 Å². The molecule has 4 fully saturated rings. The van der Waals surface area contributed by atoms with Crippen LogP contribution >= 0.6 is 0 Å². The van der Waals surface area contributed by atoms with E-state index in [4.69, 9.17) is 110 Å². The SMILES string of the molecule is [2H]c1c2c(c([2H])c(OC)c1OC([2H])([2H])[2H])C1([2H])N(CC2)C([2H])([2H])C([2H])(CC(C)C)C(OC(=O)[C@@H](N)C(C)C)C1([2H])[2H].[2H]c1c2c(c([2H])c(OC)c1OC([2H])([2H])[2H])C1([2H])N(CC2)C([2H])([2H])C([2H])(CC(C)C)C([2H])(OC(=O)[C@@H](N)C(C)C)C1([2H])[2H].[2H]c1c2c(c([2H])c(OC)c1OC)C1([2H])N(CC2)C([2H])([2H])C([2H])(CC(C)C)C(OC(=O)[C@@H](N)C(C)C)C1([2H])[2H].[2H]c1c2c(c([2H])c(OC)c1OC)C1([2H])N(CC2)C([2H])([2H])C([2H])(CC(C)C)C(OC(=O)[C@@H](N)C(C)C)C1([2H])[2H]. The van der Waals surface area contributed by atoms with Gasteiger partial charge in [-0.05, 0) is 192 Å². The Morgan fingerprint density at radius 2 is 0.567 bits per heavy atom. The molecule has 24 nitrogen and oxygen atoms in total. The largest absolute Gasteiger partial charge is 0.493 e. The lowest BCUT2D eigenvalue weighted by Gasteiger charge is -2.47. The van der Waals surface area contributed by atoms with Crippen molar-refractivity contribution in [3.05, 3.63) is 92.8 Å². The summed E-state index contributed by atoms with van der Waals surface area (Å²) in [6, 6.07) is -19.9. The van der Waals surface area contributed by atoms with Gasteiger partial charge in [-0.2, -0.15) is 0 Å². The van der Waals surface area contributed by atoms with Crippen LogP contribution in [0, 0.1) is 70.9 Å². The fourth-order valence-corrected chi connectivity index (χ4v) is 13.8. The van der Waals surface area contributed by atoms with Crippen LogP contribution in [0.3, 0.4) is 0 Å². The summed E-state index contributed by atoms with van der Waals surface area (Å²) in [5.41, 5.74) is 22.3. The summed E-state index contributed by atoms with van der Waals surface area (Å²) in [6.07, 6.45) is -23.5. The third-order valence-electron chi connectivity index (χ3n) is 20.6.